The Balaban J connectivity index is 2.53. The highest BCUT2D eigenvalue weighted by Gasteiger charge is 2.16. The molecule has 1 aromatic carbocycles. The van der Waals surface area contributed by atoms with Crippen molar-refractivity contribution in [3.8, 4) is 0 Å². The van der Waals surface area contributed by atoms with Gasteiger partial charge in [0, 0.05) is 12.1 Å². The molecule has 4 heteroatoms. The quantitative estimate of drug-likeness (QED) is 0.663. The summed E-state index contributed by atoms with van der Waals surface area (Å²) in [4.78, 5) is 23.2. The van der Waals surface area contributed by atoms with E-state index < -0.39 is 12.1 Å². The maximum absolute atomic E-state index is 11.6. The lowest BCUT2D eigenvalue weighted by Crippen LogP contribution is -2.39. The highest BCUT2D eigenvalue weighted by Crippen LogP contribution is 2.06. The first kappa shape index (κ1) is 16.0. The molecule has 0 spiro atoms. The number of aryl methyl sites for hydroxylation is 1. The minimum Gasteiger partial charge on any atom is -0.449 e. The Bertz CT molecular complexity index is 506. The Morgan fingerprint density at radius 2 is 1.95 bits per heavy atom. The lowest BCUT2D eigenvalue weighted by molar-refractivity contribution is -0.150. The Kier molecular flexibility index (Phi) is 5.97. The van der Waals surface area contributed by atoms with Gasteiger partial charge < -0.3 is 10.1 Å². The van der Waals surface area contributed by atoms with Gasteiger partial charge in [0.1, 0.15) is 0 Å². The number of ether oxygens (including phenoxy) is 1. The van der Waals surface area contributed by atoms with Crippen LogP contribution in [0.4, 0.5) is 0 Å². The van der Waals surface area contributed by atoms with Crippen molar-refractivity contribution < 1.29 is 14.3 Å². The molecule has 1 amide bonds. The zero-order valence-corrected chi connectivity index (χ0v) is 12.3. The van der Waals surface area contributed by atoms with Gasteiger partial charge >= 0.3 is 5.97 Å². The molecule has 0 aromatic heterocycles. The lowest BCUT2D eigenvalue weighted by Gasteiger charge is -2.14. The number of esters is 1. The van der Waals surface area contributed by atoms with Crippen LogP contribution in [0.15, 0.2) is 30.3 Å². The molecule has 0 heterocycles. The summed E-state index contributed by atoms with van der Waals surface area (Å²) in [5.41, 5.74) is 2.03. The number of hydrogen-bond donors (Lipinski definition) is 1. The van der Waals surface area contributed by atoms with Gasteiger partial charge in [-0.3, -0.25) is 4.79 Å². The van der Waals surface area contributed by atoms with Crippen molar-refractivity contribution in [2.45, 2.75) is 39.8 Å². The Labute approximate surface area is 119 Å². The van der Waals surface area contributed by atoms with Crippen LogP contribution in [-0.2, 0) is 14.3 Å². The number of hydrogen-bond acceptors (Lipinski definition) is 3. The fourth-order valence-electron chi connectivity index (χ4n) is 1.61. The molecule has 1 N–H and O–H groups in total. The second-order valence-electron chi connectivity index (χ2n) is 4.99. The van der Waals surface area contributed by atoms with E-state index in [0.29, 0.717) is 0 Å². The van der Waals surface area contributed by atoms with Crippen LogP contribution in [0.2, 0.25) is 0 Å². The van der Waals surface area contributed by atoms with Gasteiger partial charge in [-0.1, -0.05) is 29.8 Å². The van der Waals surface area contributed by atoms with Crippen LogP contribution in [0.25, 0.3) is 6.08 Å². The molecule has 0 aliphatic carbocycles. The van der Waals surface area contributed by atoms with Crippen LogP contribution < -0.4 is 5.32 Å². The maximum Gasteiger partial charge on any atom is 0.331 e. The van der Waals surface area contributed by atoms with Crippen LogP contribution in [-0.4, -0.2) is 24.0 Å². The molecule has 0 aliphatic rings. The molecule has 0 saturated heterocycles. The molecule has 20 heavy (non-hydrogen) atoms. The predicted octanol–water partition coefficient (Wildman–Crippen LogP) is 2.46. The molecule has 1 rings (SSSR count). The van der Waals surface area contributed by atoms with E-state index in [9.17, 15) is 9.59 Å². The summed E-state index contributed by atoms with van der Waals surface area (Å²) in [7, 11) is 0. The van der Waals surface area contributed by atoms with E-state index in [1.165, 1.54) is 6.08 Å². The van der Waals surface area contributed by atoms with Crippen LogP contribution in [0.5, 0.6) is 0 Å². The fourth-order valence-corrected chi connectivity index (χ4v) is 1.61. The summed E-state index contributed by atoms with van der Waals surface area (Å²) in [5.74, 6) is -0.824. The average Bonchev–Trinajstić information content (AvgIpc) is 2.35. The number of carbonyl (C=O) groups excluding carboxylic acids is 2. The van der Waals surface area contributed by atoms with E-state index in [0.717, 1.165) is 11.1 Å². The maximum atomic E-state index is 11.6. The molecular formula is C16H21NO3. The smallest absolute Gasteiger partial charge is 0.331 e. The van der Waals surface area contributed by atoms with Gasteiger partial charge in [-0.25, -0.2) is 4.79 Å². The third-order valence-electron chi connectivity index (χ3n) is 2.55. The van der Waals surface area contributed by atoms with Crippen molar-refractivity contribution in [2.75, 3.05) is 0 Å². The van der Waals surface area contributed by atoms with Gasteiger partial charge in [-0.05, 0) is 39.3 Å². The highest BCUT2D eigenvalue weighted by atomic mass is 16.5. The first-order valence-electron chi connectivity index (χ1n) is 6.64. The summed E-state index contributed by atoms with van der Waals surface area (Å²) < 4.78 is 5.03. The van der Waals surface area contributed by atoms with Crippen LogP contribution in [0.1, 0.15) is 31.9 Å². The van der Waals surface area contributed by atoms with E-state index in [4.69, 9.17) is 4.74 Å². The molecule has 1 atom stereocenters. The molecule has 4 nitrogen and oxygen atoms in total. The van der Waals surface area contributed by atoms with Gasteiger partial charge in [-0.15, -0.1) is 0 Å². The number of benzene rings is 1. The van der Waals surface area contributed by atoms with Crippen molar-refractivity contribution in [1.29, 1.82) is 0 Å². The molecule has 0 radical (unpaired) electrons. The third-order valence-corrected chi connectivity index (χ3v) is 2.55. The monoisotopic (exact) mass is 275 g/mol. The van der Waals surface area contributed by atoms with E-state index in [1.54, 1.807) is 13.0 Å². The van der Waals surface area contributed by atoms with Gasteiger partial charge in [0.15, 0.2) is 6.10 Å². The van der Waals surface area contributed by atoms with Crippen molar-refractivity contribution in [2.24, 2.45) is 0 Å². The van der Waals surface area contributed by atoms with Crippen LogP contribution in [0.3, 0.4) is 0 Å². The van der Waals surface area contributed by atoms with Crippen molar-refractivity contribution in [3.63, 3.8) is 0 Å². The van der Waals surface area contributed by atoms with E-state index in [-0.39, 0.29) is 11.9 Å². The summed E-state index contributed by atoms with van der Waals surface area (Å²) in [5, 5.41) is 2.69. The second kappa shape index (κ2) is 7.48. The van der Waals surface area contributed by atoms with Crippen LogP contribution in [0, 0.1) is 6.92 Å². The molecule has 108 valence electrons. The Hall–Kier alpha value is -2.10. The predicted molar refractivity (Wildman–Crippen MR) is 79.0 cm³/mol. The van der Waals surface area contributed by atoms with Crippen molar-refractivity contribution in [1.82, 2.24) is 5.32 Å². The molecule has 1 aromatic rings. The fraction of sp³-hybridized carbons (Fsp3) is 0.375. The molecular weight excluding hydrogens is 254 g/mol. The minimum absolute atomic E-state index is 0.0199. The number of amides is 1. The van der Waals surface area contributed by atoms with Gasteiger partial charge in [0.25, 0.3) is 5.91 Å². The van der Waals surface area contributed by atoms with Crippen LogP contribution >= 0.6 is 0 Å². The number of carbonyl (C=O) groups is 2. The summed E-state index contributed by atoms with van der Waals surface area (Å²) in [6, 6.07) is 7.77. The first-order chi connectivity index (χ1) is 9.38. The zero-order valence-electron chi connectivity index (χ0n) is 12.3. The van der Waals surface area contributed by atoms with E-state index in [2.05, 4.69) is 5.32 Å². The average molecular weight is 275 g/mol. The SMILES string of the molecule is Cc1cccc(/C=C/C(=O)O[C@@H](C)C(=O)NC(C)C)c1. The van der Waals surface area contributed by atoms with Gasteiger partial charge in [0.2, 0.25) is 0 Å². The van der Waals surface area contributed by atoms with Crippen molar-refractivity contribution >= 4 is 18.0 Å². The molecule has 0 unspecified atom stereocenters. The normalized spacial score (nSPS) is 12.4. The summed E-state index contributed by atoms with van der Waals surface area (Å²) in [6.07, 6.45) is 2.20. The summed E-state index contributed by atoms with van der Waals surface area (Å²) in [6.45, 7) is 7.23. The summed E-state index contributed by atoms with van der Waals surface area (Å²) >= 11 is 0. The van der Waals surface area contributed by atoms with Crippen molar-refractivity contribution in [3.05, 3.63) is 41.5 Å². The highest BCUT2D eigenvalue weighted by molar-refractivity contribution is 5.90. The molecule has 0 bridgehead atoms. The molecule has 0 saturated carbocycles. The van der Waals surface area contributed by atoms with E-state index >= 15 is 0 Å². The Morgan fingerprint density at radius 1 is 1.25 bits per heavy atom. The largest absolute Gasteiger partial charge is 0.449 e. The molecule has 0 aliphatic heterocycles. The zero-order chi connectivity index (χ0) is 15.1. The first-order valence-corrected chi connectivity index (χ1v) is 6.64. The minimum atomic E-state index is -0.799. The third kappa shape index (κ3) is 5.69. The number of nitrogens with one attached hydrogen (secondary N) is 1. The lowest BCUT2D eigenvalue weighted by atomic mass is 10.1. The Morgan fingerprint density at radius 3 is 2.55 bits per heavy atom. The van der Waals surface area contributed by atoms with E-state index in [1.807, 2.05) is 45.0 Å². The standard InChI is InChI=1S/C16H21NO3/c1-11(2)17-16(19)13(4)20-15(18)9-8-14-7-5-6-12(3)10-14/h5-11,13H,1-4H3,(H,17,19)/b9-8+/t13-/m0/s1. The van der Waals surface area contributed by atoms with Gasteiger partial charge in [0.05, 0.1) is 0 Å². The second-order valence-corrected chi connectivity index (χ2v) is 4.99. The van der Waals surface area contributed by atoms with Gasteiger partial charge in [-0.2, -0.15) is 0 Å². The molecule has 0 fully saturated rings. The number of rotatable bonds is 5. The topological polar surface area (TPSA) is 55.4 Å².